The van der Waals surface area contributed by atoms with Crippen LogP contribution in [0, 0.1) is 0 Å². The quantitative estimate of drug-likeness (QED) is 0.492. The first-order valence-corrected chi connectivity index (χ1v) is 13.1. The third-order valence-electron chi connectivity index (χ3n) is 5.69. The number of sulfonamides is 1. The standard InChI is InChI=1S/C24H29N5O3S2/c1-24(2,3)28-13-11-16(15-28)22-21(18-8-6-7-12-25-18)26-23(33)29(22)17-9-10-20(32-4)19(14-17)27-34(5,30)31/h6-15,21-22,27H,1-5H3,(H,26,33)/t21-,22+/m0/s1. The molecule has 3 aromatic rings. The fourth-order valence-electron chi connectivity index (χ4n) is 4.10. The molecule has 1 aliphatic heterocycles. The summed E-state index contributed by atoms with van der Waals surface area (Å²) in [5.74, 6) is 0.420. The SMILES string of the molecule is COc1ccc(N2C(=S)N[C@@H](c3ccccn3)[C@H]2c2ccn(C(C)(C)C)c2)cc1NS(C)(=O)=O. The van der Waals surface area contributed by atoms with Crippen molar-refractivity contribution in [3.8, 4) is 5.75 Å². The summed E-state index contributed by atoms with van der Waals surface area (Å²) in [6.45, 7) is 6.44. The number of benzene rings is 1. The van der Waals surface area contributed by atoms with Gasteiger partial charge in [0.05, 0.1) is 36.8 Å². The molecule has 3 heterocycles. The number of rotatable bonds is 6. The van der Waals surface area contributed by atoms with Crippen molar-refractivity contribution >= 4 is 38.7 Å². The molecule has 2 aromatic heterocycles. The molecule has 0 unspecified atom stereocenters. The molecule has 1 aromatic carbocycles. The topological polar surface area (TPSA) is 88.5 Å². The van der Waals surface area contributed by atoms with E-state index in [1.54, 1.807) is 18.3 Å². The number of nitrogens with zero attached hydrogens (tertiary/aromatic N) is 3. The summed E-state index contributed by atoms with van der Waals surface area (Å²) in [4.78, 5) is 6.58. The van der Waals surface area contributed by atoms with E-state index in [1.807, 2.05) is 29.2 Å². The number of aromatic nitrogens is 2. The lowest BCUT2D eigenvalue weighted by molar-refractivity contribution is 0.397. The molecular weight excluding hydrogens is 470 g/mol. The molecule has 180 valence electrons. The first kappa shape index (κ1) is 24.0. The van der Waals surface area contributed by atoms with Crippen LogP contribution < -0.4 is 19.7 Å². The van der Waals surface area contributed by atoms with Gasteiger partial charge in [0.2, 0.25) is 10.0 Å². The van der Waals surface area contributed by atoms with Gasteiger partial charge in [0, 0.05) is 29.8 Å². The molecule has 4 rings (SSSR count). The Balaban J connectivity index is 1.84. The molecule has 2 atom stereocenters. The fraction of sp³-hybridized carbons (Fsp3) is 0.333. The summed E-state index contributed by atoms with van der Waals surface area (Å²) in [6.07, 6.45) is 7.06. The van der Waals surface area contributed by atoms with Crippen LogP contribution in [0.4, 0.5) is 11.4 Å². The normalized spacial score (nSPS) is 18.6. The minimum atomic E-state index is -3.51. The second-order valence-electron chi connectivity index (χ2n) is 9.28. The van der Waals surface area contributed by atoms with E-state index in [1.165, 1.54) is 7.11 Å². The van der Waals surface area contributed by atoms with Crippen LogP contribution in [0.2, 0.25) is 0 Å². The van der Waals surface area contributed by atoms with E-state index < -0.39 is 10.0 Å². The summed E-state index contributed by atoms with van der Waals surface area (Å²) in [5, 5.41) is 3.95. The lowest BCUT2D eigenvalue weighted by Crippen LogP contribution is -2.29. The number of methoxy groups -OCH3 is 1. The van der Waals surface area contributed by atoms with Gasteiger partial charge >= 0.3 is 0 Å². The van der Waals surface area contributed by atoms with Crippen molar-refractivity contribution < 1.29 is 13.2 Å². The fourth-order valence-corrected chi connectivity index (χ4v) is 5.01. The highest BCUT2D eigenvalue weighted by Crippen LogP contribution is 2.43. The summed E-state index contributed by atoms with van der Waals surface area (Å²) < 4.78 is 34.0. The molecule has 1 aliphatic rings. The predicted molar refractivity (Wildman–Crippen MR) is 139 cm³/mol. The van der Waals surface area contributed by atoms with Crippen LogP contribution in [0.5, 0.6) is 5.75 Å². The van der Waals surface area contributed by atoms with Crippen molar-refractivity contribution in [2.75, 3.05) is 23.0 Å². The Labute approximate surface area is 206 Å². The molecular formula is C24H29N5O3S2. The van der Waals surface area contributed by atoms with Crippen molar-refractivity contribution in [2.45, 2.75) is 38.4 Å². The maximum absolute atomic E-state index is 12.0. The maximum atomic E-state index is 12.0. The van der Waals surface area contributed by atoms with Crippen molar-refractivity contribution in [1.29, 1.82) is 0 Å². The Morgan fingerprint density at radius 1 is 1.18 bits per heavy atom. The summed E-state index contributed by atoms with van der Waals surface area (Å²) >= 11 is 5.78. The van der Waals surface area contributed by atoms with Gasteiger partial charge in [-0.15, -0.1) is 0 Å². The van der Waals surface area contributed by atoms with E-state index >= 15 is 0 Å². The molecule has 0 aliphatic carbocycles. The molecule has 0 spiro atoms. The van der Waals surface area contributed by atoms with Crippen molar-refractivity contribution in [3.05, 3.63) is 72.3 Å². The average Bonchev–Trinajstić information content (AvgIpc) is 3.38. The first-order chi connectivity index (χ1) is 16.0. The number of pyridine rings is 1. The van der Waals surface area contributed by atoms with E-state index in [9.17, 15) is 8.42 Å². The third-order valence-corrected chi connectivity index (χ3v) is 6.59. The Kier molecular flexibility index (Phi) is 6.30. The largest absolute Gasteiger partial charge is 0.495 e. The second kappa shape index (κ2) is 8.92. The van der Waals surface area contributed by atoms with E-state index in [4.69, 9.17) is 17.0 Å². The molecule has 2 N–H and O–H groups in total. The number of hydrogen-bond donors (Lipinski definition) is 2. The van der Waals surface area contributed by atoms with Crippen molar-refractivity contribution in [3.63, 3.8) is 0 Å². The number of hydrogen-bond acceptors (Lipinski definition) is 5. The number of thiocarbonyl (C=S) groups is 1. The van der Waals surface area contributed by atoms with Gasteiger partial charge in [-0.1, -0.05) is 6.07 Å². The van der Waals surface area contributed by atoms with Crippen LogP contribution in [0.25, 0.3) is 0 Å². The third kappa shape index (κ3) is 4.88. The van der Waals surface area contributed by atoms with Gasteiger partial charge in [-0.05, 0) is 75.0 Å². The van der Waals surface area contributed by atoms with Crippen LogP contribution in [0.1, 0.15) is 44.1 Å². The highest BCUT2D eigenvalue weighted by atomic mass is 32.2. The van der Waals surface area contributed by atoms with Gasteiger partial charge in [0.15, 0.2) is 5.11 Å². The van der Waals surface area contributed by atoms with Gasteiger partial charge in [0.25, 0.3) is 0 Å². The highest BCUT2D eigenvalue weighted by Gasteiger charge is 2.41. The summed E-state index contributed by atoms with van der Waals surface area (Å²) in [5.41, 5.74) is 2.92. The van der Waals surface area contributed by atoms with Crippen LogP contribution in [0.15, 0.2) is 61.1 Å². The minimum absolute atomic E-state index is 0.0806. The highest BCUT2D eigenvalue weighted by molar-refractivity contribution is 7.92. The zero-order valence-electron chi connectivity index (χ0n) is 19.8. The smallest absolute Gasteiger partial charge is 0.229 e. The van der Waals surface area contributed by atoms with Gasteiger partial charge in [0.1, 0.15) is 5.75 Å². The lowest BCUT2D eigenvalue weighted by Gasteiger charge is -2.28. The first-order valence-electron chi connectivity index (χ1n) is 10.8. The molecule has 0 radical (unpaired) electrons. The van der Waals surface area contributed by atoms with E-state index in [2.05, 4.69) is 58.8 Å². The van der Waals surface area contributed by atoms with E-state index in [0.29, 0.717) is 16.5 Å². The zero-order chi connectivity index (χ0) is 24.7. The van der Waals surface area contributed by atoms with Crippen LogP contribution in [-0.4, -0.2) is 36.4 Å². The monoisotopic (exact) mass is 499 g/mol. The average molecular weight is 500 g/mol. The van der Waals surface area contributed by atoms with Gasteiger partial charge < -0.3 is 19.5 Å². The molecule has 1 fully saturated rings. The molecule has 10 heteroatoms. The Morgan fingerprint density at radius 3 is 2.53 bits per heavy atom. The lowest BCUT2D eigenvalue weighted by atomic mass is 9.98. The summed E-state index contributed by atoms with van der Waals surface area (Å²) in [6, 6.07) is 12.8. The maximum Gasteiger partial charge on any atom is 0.229 e. The van der Waals surface area contributed by atoms with Gasteiger partial charge in [-0.2, -0.15) is 0 Å². The number of nitrogens with one attached hydrogen (secondary N) is 2. The van der Waals surface area contributed by atoms with Gasteiger partial charge in [-0.25, -0.2) is 8.42 Å². The second-order valence-corrected chi connectivity index (χ2v) is 11.4. The zero-order valence-corrected chi connectivity index (χ0v) is 21.4. The molecule has 1 saturated heterocycles. The Bertz CT molecular complexity index is 1300. The number of anilines is 2. The van der Waals surface area contributed by atoms with Crippen LogP contribution in [0.3, 0.4) is 0 Å². The molecule has 0 saturated carbocycles. The van der Waals surface area contributed by atoms with Crippen molar-refractivity contribution in [1.82, 2.24) is 14.9 Å². The van der Waals surface area contributed by atoms with E-state index in [-0.39, 0.29) is 17.6 Å². The summed E-state index contributed by atoms with van der Waals surface area (Å²) in [7, 11) is -2.01. The number of ether oxygens (including phenoxy) is 1. The van der Waals surface area contributed by atoms with Gasteiger partial charge in [-0.3, -0.25) is 9.71 Å². The molecule has 0 bridgehead atoms. The minimum Gasteiger partial charge on any atom is -0.495 e. The molecule has 8 nitrogen and oxygen atoms in total. The molecule has 0 amide bonds. The van der Waals surface area contributed by atoms with Crippen molar-refractivity contribution in [2.24, 2.45) is 0 Å². The van der Waals surface area contributed by atoms with Crippen LogP contribution in [-0.2, 0) is 15.6 Å². The predicted octanol–water partition coefficient (Wildman–Crippen LogP) is 4.20. The Hall–Kier alpha value is -3.11. The van der Waals surface area contributed by atoms with E-state index in [0.717, 1.165) is 23.2 Å². The van der Waals surface area contributed by atoms with Crippen LogP contribution >= 0.6 is 12.2 Å². The molecule has 34 heavy (non-hydrogen) atoms. The Morgan fingerprint density at radius 2 is 1.94 bits per heavy atom.